The smallest absolute Gasteiger partial charge is 0.342 e. The number of benzene rings is 1. The van der Waals surface area contributed by atoms with Crippen molar-refractivity contribution < 1.29 is 19.0 Å². The predicted molar refractivity (Wildman–Crippen MR) is 60.9 cm³/mol. The maximum Gasteiger partial charge on any atom is 0.342 e. The summed E-state index contributed by atoms with van der Waals surface area (Å²) >= 11 is 0. The van der Waals surface area contributed by atoms with Gasteiger partial charge in [0.05, 0.1) is 0 Å². The minimum Gasteiger partial charge on any atom is -0.487 e. The van der Waals surface area contributed by atoms with E-state index in [-0.39, 0.29) is 16.9 Å². The molecule has 0 atom stereocenters. The Labute approximate surface area is 99.2 Å². The third-order valence-electron chi connectivity index (χ3n) is 3.21. The predicted octanol–water partition coefficient (Wildman–Crippen LogP) is 3.24. The van der Waals surface area contributed by atoms with Crippen LogP contribution in [0.4, 0.5) is 4.39 Å². The van der Waals surface area contributed by atoms with Gasteiger partial charge in [0.25, 0.3) is 0 Å². The molecule has 1 saturated carbocycles. The van der Waals surface area contributed by atoms with E-state index in [1.807, 2.05) is 6.92 Å². The zero-order chi connectivity index (χ0) is 12.5. The first-order valence-electron chi connectivity index (χ1n) is 5.73. The van der Waals surface area contributed by atoms with E-state index < -0.39 is 11.8 Å². The second-order valence-corrected chi connectivity index (χ2v) is 4.68. The van der Waals surface area contributed by atoms with Crippen molar-refractivity contribution in [3.05, 3.63) is 29.6 Å². The summed E-state index contributed by atoms with van der Waals surface area (Å²) in [7, 11) is 0. The highest BCUT2D eigenvalue weighted by Gasteiger charge is 2.32. The molecule has 0 unspecified atom stereocenters. The van der Waals surface area contributed by atoms with E-state index in [2.05, 4.69) is 0 Å². The van der Waals surface area contributed by atoms with Crippen molar-refractivity contribution in [2.75, 3.05) is 0 Å². The van der Waals surface area contributed by atoms with Gasteiger partial charge in [0.1, 0.15) is 22.7 Å². The molecule has 1 aromatic rings. The number of carbonyl (C=O) groups is 1. The first kappa shape index (κ1) is 11.9. The highest BCUT2D eigenvalue weighted by molar-refractivity contribution is 5.91. The molecule has 0 amide bonds. The van der Waals surface area contributed by atoms with Crippen molar-refractivity contribution in [1.82, 2.24) is 0 Å². The maximum atomic E-state index is 13.4. The molecule has 0 heterocycles. The number of hydrogen-bond donors (Lipinski definition) is 1. The minimum atomic E-state index is -1.29. The van der Waals surface area contributed by atoms with Gasteiger partial charge < -0.3 is 9.84 Å². The van der Waals surface area contributed by atoms with Gasteiger partial charge >= 0.3 is 5.97 Å². The zero-order valence-corrected chi connectivity index (χ0v) is 9.70. The average Bonchev–Trinajstić information content (AvgIpc) is 2.64. The first-order chi connectivity index (χ1) is 8.02. The molecule has 0 spiro atoms. The summed E-state index contributed by atoms with van der Waals surface area (Å²) in [6.45, 7) is 1.94. The molecule has 1 aliphatic carbocycles. The van der Waals surface area contributed by atoms with E-state index >= 15 is 0 Å². The van der Waals surface area contributed by atoms with Crippen LogP contribution in [-0.2, 0) is 0 Å². The van der Waals surface area contributed by atoms with Crippen LogP contribution in [-0.4, -0.2) is 16.7 Å². The van der Waals surface area contributed by atoms with Crippen LogP contribution in [0.5, 0.6) is 5.75 Å². The van der Waals surface area contributed by atoms with Crippen LogP contribution in [0.25, 0.3) is 0 Å². The number of hydrogen-bond acceptors (Lipinski definition) is 2. The van der Waals surface area contributed by atoms with E-state index in [4.69, 9.17) is 9.84 Å². The maximum absolute atomic E-state index is 13.4. The fourth-order valence-corrected chi connectivity index (χ4v) is 2.29. The lowest BCUT2D eigenvalue weighted by atomic mass is 10.0. The standard InChI is InChI=1S/C13H15FO3/c1-13(7-2-3-8-13)17-10-6-4-5-9(14)11(10)12(15)16/h4-6H,2-3,7-8H2,1H3,(H,15,16). The molecule has 3 nitrogen and oxygen atoms in total. The van der Waals surface area contributed by atoms with Crippen molar-refractivity contribution >= 4 is 5.97 Å². The molecular formula is C13H15FO3. The molecule has 1 aliphatic rings. The zero-order valence-electron chi connectivity index (χ0n) is 9.70. The molecule has 1 N–H and O–H groups in total. The third kappa shape index (κ3) is 2.40. The van der Waals surface area contributed by atoms with Gasteiger partial charge in [-0.25, -0.2) is 9.18 Å². The second-order valence-electron chi connectivity index (χ2n) is 4.68. The van der Waals surface area contributed by atoms with Crippen LogP contribution in [0.2, 0.25) is 0 Å². The monoisotopic (exact) mass is 238 g/mol. The first-order valence-corrected chi connectivity index (χ1v) is 5.73. The minimum absolute atomic E-state index is 0.127. The Balaban J connectivity index is 2.32. The molecule has 1 aromatic carbocycles. The largest absolute Gasteiger partial charge is 0.487 e. The molecule has 2 rings (SSSR count). The molecular weight excluding hydrogens is 223 g/mol. The normalized spacial score (nSPS) is 18.0. The van der Waals surface area contributed by atoms with Gasteiger partial charge in [-0.1, -0.05) is 6.07 Å². The molecule has 0 aromatic heterocycles. The summed E-state index contributed by atoms with van der Waals surface area (Å²) in [4.78, 5) is 11.0. The van der Waals surface area contributed by atoms with E-state index in [1.54, 1.807) is 0 Å². The summed E-state index contributed by atoms with van der Waals surface area (Å²) in [5, 5.41) is 8.98. The Hall–Kier alpha value is -1.58. The van der Waals surface area contributed by atoms with Crippen LogP contribution in [0, 0.1) is 5.82 Å². The Morgan fingerprint density at radius 1 is 1.41 bits per heavy atom. The van der Waals surface area contributed by atoms with E-state index in [1.165, 1.54) is 12.1 Å². The lowest BCUT2D eigenvalue weighted by Gasteiger charge is -2.26. The highest BCUT2D eigenvalue weighted by atomic mass is 19.1. The summed E-state index contributed by atoms with van der Waals surface area (Å²) in [6, 6.07) is 4.11. The lowest BCUT2D eigenvalue weighted by Crippen LogP contribution is -2.29. The fraction of sp³-hybridized carbons (Fsp3) is 0.462. The number of carboxylic acids is 1. The van der Waals surface area contributed by atoms with Crippen molar-refractivity contribution in [1.29, 1.82) is 0 Å². The van der Waals surface area contributed by atoms with Crippen LogP contribution < -0.4 is 4.74 Å². The number of halogens is 1. The van der Waals surface area contributed by atoms with Crippen molar-refractivity contribution in [2.45, 2.75) is 38.2 Å². The average molecular weight is 238 g/mol. The summed E-state index contributed by atoms with van der Waals surface area (Å²) < 4.78 is 19.2. The molecule has 1 fully saturated rings. The molecule has 4 heteroatoms. The fourth-order valence-electron chi connectivity index (χ4n) is 2.29. The topological polar surface area (TPSA) is 46.5 Å². The van der Waals surface area contributed by atoms with Gasteiger partial charge in [-0.2, -0.15) is 0 Å². The molecule has 0 aliphatic heterocycles. The van der Waals surface area contributed by atoms with E-state index in [9.17, 15) is 9.18 Å². The second kappa shape index (κ2) is 4.35. The van der Waals surface area contributed by atoms with Crippen LogP contribution in [0.3, 0.4) is 0 Å². The van der Waals surface area contributed by atoms with Crippen LogP contribution in [0.1, 0.15) is 43.0 Å². The SMILES string of the molecule is CC1(Oc2cccc(F)c2C(=O)O)CCCC1. The highest BCUT2D eigenvalue weighted by Crippen LogP contribution is 2.35. The van der Waals surface area contributed by atoms with Crippen LogP contribution in [0.15, 0.2) is 18.2 Å². The number of carboxylic acid groups (broad SMARTS) is 1. The van der Waals surface area contributed by atoms with Gasteiger partial charge in [0, 0.05) is 0 Å². The third-order valence-corrected chi connectivity index (χ3v) is 3.21. The number of rotatable bonds is 3. The summed E-state index contributed by atoms with van der Waals surface area (Å²) in [5.74, 6) is -1.92. The van der Waals surface area contributed by atoms with E-state index in [0.29, 0.717) is 0 Å². The Morgan fingerprint density at radius 3 is 2.65 bits per heavy atom. The van der Waals surface area contributed by atoms with Gasteiger partial charge in [-0.3, -0.25) is 0 Å². The number of aromatic carboxylic acids is 1. The van der Waals surface area contributed by atoms with Crippen LogP contribution >= 0.6 is 0 Å². The number of ether oxygens (including phenoxy) is 1. The molecule has 17 heavy (non-hydrogen) atoms. The van der Waals surface area contributed by atoms with Crippen molar-refractivity contribution in [2.24, 2.45) is 0 Å². The molecule has 0 saturated heterocycles. The van der Waals surface area contributed by atoms with Gasteiger partial charge in [0.2, 0.25) is 0 Å². The van der Waals surface area contributed by atoms with Crippen molar-refractivity contribution in [3.63, 3.8) is 0 Å². The van der Waals surface area contributed by atoms with E-state index in [0.717, 1.165) is 31.7 Å². The van der Waals surface area contributed by atoms with Gasteiger partial charge in [0.15, 0.2) is 0 Å². The van der Waals surface area contributed by atoms with Crippen molar-refractivity contribution in [3.8, 4) is 5.75 Å². The lowest BCUT2D eigenvalue weighted by molar-refractivity contribution is 0.0658. The molecule has 92 valence electrons. The van der Waals surface area contributed by atoms with Gasteiger partial charge in [-0.05, 0) is 44.7 Å². The molecule has 0 radical (unpaired) electrons. The summed E-state index contributed by atoms with van der Waals surface area (Å²) in [6.07, 6.45) is 3.88. The quantitative estimate of drug-likeness (QED) is 0.879. The summed E-state index contributed by atoms with van der Waals surface area (Å²) in [5.41, 5.74) is -0.738. The Bertz CT molecular complexity index is 436. The van der Waals surface area contributed by atoms with Gasteiger partial charge in [-0.15, -0.1) is 0 Å². The molecule has 0 bridgehead atoms. The Kier molecular flexibility index (Phi) is 3.05. The Morgan fingerprint density at radius 2 is 2.06 bits per heavy atom.